The van der Waals surface area contributed by atoms with Crippen molar-refractivity contribution in [3.8, 4) is 0 Å². The highest BCUT2D eigenvalue weighted by Gasteiger charge is 2.19. The Balaban J connectivity index is 1.57. The van der Waals surface area contributed by atoms with E-state index in [0.29, 0.717) is 5.92 Å². The van der Waals surface area contributed by atoms with Gasteiger partial charge in [-0.2, -0.15) is 4.98 Å². The van der Waals surface area contributed by atoms with Crippen molar-refractivity contribution in [3.05, 3.63) is 41.6 Å². The van der Waals surface area contributed by atoms with E-state index in [9.17, 15) is 0 Å². The molecule has 1 aliphatic heterocycles. The molecular formula is C19H26ClN5. The lowest BCUT2D eigenvalue weighted by Crippen LogP contribution is -2.46. The second-order valence-electron chi connectivity index (χ2n) is 6.80. The molecule has 1 aromatic heterocycles. The molecule has 0 aliphatic carbocycles. The van der Waals surface area contributed by atoms with Gasteiger partial charge in [0.25, 0.3) is 0 Å². The van der Waals surface area contributed by atoms with Crippen molar-refractivity contribution in [1.29, 1.82) is 0 Å². The van der Waals surface area contributed by atoms with Crippen LogP contribution in [0.2, 0.25) is 5.02 Å². The predicted octanol–water partition coefficient (Wildman–Crippen LogP) is 3.91. The van der Waals surface area contributed by atoms with Crippen LogP contribution in [0.1, 0.15) is 20.3 Å². The minimum atomic E-state index is 0.676. The molecule has 134 valence electrons. The molecule has 0 unspecified atom stereocenters. The number of hydrogen-bond acceptors (Lipinski definition) is 5. The van der Waals surface area contributed by atoms with Crippen LogP contribution in [0.4, 0.5) is 17.5 Å². The molecule has 2 aromatic rings. The maximum absolute atomic E-state index is 6.11. The zero-order valence-electron chi connectivity index (χ0n) is 15.0. The van der Waals surface area contributed by atoms with Gasteiger partial charge in [-0.05, 0) is 36.6 Å². The number of piperazine rings is 1. The molecule has 2 heterocycles. The molecule has 1 saturated heterocycles. The Kier molecular flexibility index (Phi) is 5.97. The summed E-state index contributed by atoms with van der Waals surface area (Å²) in [4.78, 5) is 13.7. The maximum atomic E-state index is 6.11. The van der Waals surface area contributed by atoms with Gasteiger partial charge in [-0.1, -0.05) is 31.5 Å². The average molecular weight is 360 g/mol. The van der Waals surface area contributed by atoms with Gasteiger partial charge in [-0.25, -0.2) is 4.98 Å². The minimum absolute atomic E-state index is 0.676. The van der Waals surface area contributed by atoms with Crippen molar-refractivity contribution < 1.29 is 0 Å². The largest absolute Gasteiger partial charge is 0.368 e. The Morgan fingerprint density at radius 3 is 2.60 bits per heavy atom. The Morgan fingerprint density at radius 1 is 1.12 bits per heavy atom. The van der Waals surface area contributed by atoms with E-state index < -0.39 is 0 Å². The molecule has 6 heteroatoms. The molecule has 0 atom stereocenters. The number of benzene rings is 1. The van der Waals surface area contributed by atoms with E-state index in [1.165, 1.54) is 5.69 Å². The van der Waals surface area contributed by atoms with Crippen LogP contribution < -0.4 is 15.1 Å². The molecule has 5 nitrogen and oxygen atoms in total. The van der Waals surface area contributed by atoms with Crippen LogP contribution in [0.25, 0.3) is 0 Å². The monoisotopic (exact) mass is 359 g/mol. The Bertz CT molecular complexity index is 683. The molecular weight excluding hydrogens is 334 g/mol. The third-order valence-electron chi connectivity index (χ3n) is 4.42. The molecule has 1 fully saturated rings. The van der Waals surface area contributed by atoms with Gasteiger partial charge in [-0.15, -0.1) is 0 Å². The first-order valence-electron chi connectivity index (χ1n) is 8.94. The molecule has 0 amide bonds. The first kappa shape index (κ1) is 17.8. The van der Waals surface area contributed by atoms with E-state index in [-0.39, 0.29) is 0 Å². The van der Waals surface area contributed by atoms with Crippen LogP contribution in [0, 0.1) is 5.92 Å². The smallest absolute Gasteiger partial charge is 0.224 e. The molecule has 3 rings (SSSR count). The van der Waals surface area contributed by atoms with Crippen molar-refractivity contribution in [1.82, 2.24) is 9.97 Å². The fraction of sp³-hybridized carbons (Fsp3) is 0.474. The van der Waals surface area contributed by atoms with Crippen LogP contribution in [-0.2, 0) is 0 Å². The highest BCUT2D eigenvalue weighted by Crippen LogP contribution is 2.22. The van der Waals surface area contributed by atoms with E-state index in [2.05, 4.69) is 45.0 Å². The average Bonchev–Trinajstić information content (AvgIpc) is 2.62. The summed E-state index contributed by atoms with van der Waals surface area (Å²) < 4.78 is 0. The third kappa shape index (κ3) is 4.98. The number of nitrogens with zero attached hydrogens (tertiary/aromatic N) is 4. The van der Waals surface area contributed by atoms with Crippen molar-refractivity contribution in [3.63, 3.8) is 0 Å². The van der Waals surface area contributed by atoms with E-state index in [1.54, 1.807) is 0 Å². The number of hydrogen-bond donors (Lipinski definition) is 1. The SMILES string of the molecule is CC(C)CCNc1nccc(N2CCN(c3cccc(Cl)c3)CC2)n1. The topological polar surface area (TPSA) is 44.3 Å². The summed E-state index contributed by atoms with van der Waals surface area (Å²) in [5, 5.41) is 4.11. The summed E-state index contributed by atoms with van der Waals surface area (Å²) in [5.74, 6) is 2.39. The zero-order valence-corrected chi connectivity index (χ0v) is 15.7. The number of aromatic nitrogens is 2. The number of anilines is 3. The summed E-state index contributed by atoms with van der Waals surface area (Å²) in [6.45, 7) is 9.14. The molecule has 0 saturated carbocycles. The van der Waals surface area contributed by atoms with E-state index in [1.807, 2.05) is 30.5 Å². The second kappa shape index (κ2) is 8.39. The van der Waals surface area contributed by atoms with Gasteiger partial charge in [-0.3, -0.25) is 0 Å². The number of nitrogens with one attached hydrogen (secondary N) is 1. The fourth-order valence-corrected chi connectivity index (χ4v) is 3.13. The third-order valence-corrected chi connectivity index (χ3v) is 4.66. The standard InChI is InChI=1S/C19H26ClN5/c1-15(2)6-8-21-19-22-9-7-18(23-19)25-12-10-24(11-13-25)17-5-3-4-16(20)14-17/h3-5,7,9,14-15H,6,8,10-13H2,1-2H3,(H,21,22,23). The summed E-state index contributed by atoms with van der Waals surface area (Å²) >= 11 is 6.11. The summed E-state index contributed by atoms with van der Waals surface area (Å²) in [5.41, 5.74) is 1.19. The Labute approximate surface area is 155 Å². The highest BCUT2D eigenvalue weighted by molar-refractivity contribution is 6.30. The van der Waals surface area contributed by atoms with Gasteiger partial charge in [0.15, 0.2) is 0 Å². The lowest BCUT2D eigenvalue weighted by Gasteiger charge is -2.36. The minimum Gasteiger partial charge on any atom is -0.368 e. The summed E-state index contributed by atoms with van der Waals surface area (Å²) in [6, 6.07) is 10.0. The number of rotatable bonds is 6. The van der Waals surface area contributed by atoms with Crippen LogP contribution >= 0.6 is 11.6 Å². The molecule has 1 aliphatic rings. The normalized spacial score (nSPS) is 14.9. The van der Waals surface area contributed by atoms with E-state index in [0.717, 1.165) is 55.9 Å². The molecule has 0 radical (unpaired) electrons. The Morgan fingerprint density at radius 2 is 1.88 bits per heavy atom. The van der Waals surface area contributed by atoms with Gasteiger partial charge >= 0.3 is 0 Å². The van der Waals surface area contributed by atoms with Crippen LogP contribution in [0.5, 0.6) is 0 Å². The predicted molar refractivity (Wildman–Crippen MR) is 106 cm³/mol. The number of halogens is 1. The summed E-state index contributed by atoms with van der Waals surface area (Å²) in [7, 11) is 0. The first-order valence-corrected chi connectivity index (χ1v) is 9.32. The maximum Gasteiger partial charge on any atom is 0.224 e. The van der Waals surface area contributed by atoms with Gasteiger partial charge in [0.05, 0.1) is 0 Å². The van der Waals surface area contributed by atoms with Gasteiger partial charge in [0, 0.05) is 49.6 Å². The molecule has 0 spiro atoms. The van der Waals surface area contributed by atoms with Gasteiger partial charge in [0.1, 0.15) is 5.82 Å². The molecule has 1 N–H and O–H groups in total. The molecule has 1 aromatic carbocycles. The molecule has 0 bridgehead atoms. The van der Waals surface area contributed by atoms with Crippen molar-refractivity contribution >= 4 is 29.1 Å². The van der Waals surface area contributed by atoms with E-state index in [4.69, 9.17) is 11.6 Å². The van der Waals surface area contributed by atoms with E-state index >= 15 is 0 Å². The first-order chi connectivity index (χ1) is 12.1. The van der Waals surface area contributed by atoms with Gasteiger partial charge < -0.3 is 15.1 Å². The van der Waals surface area contributed by atoms with Gasteiger partial charge in [0.2, 0.25) is 5.95 Å². The lowest BCUT2D eigenvalue weighted by atomic mass is 10.1. The molecule has 25 heavy (non-hydrogen) atoms. The highest BCUT2D eigenvalue weighted by atomic mass is 35.5. The lowest BCUT2D eigenvalue weighted by molar-refractivity contribution is 0.605. The van der Waals surface area contributed by atoms with Crippen LogP contribution in [0.3, 0.4) is 0 Å². The van der Waals surface area contributed by atoms with Crippen molar-refractivity contribution in [2.45, 2.75) is 20.3 Å². The fourth-order valence-electron chi connectivity index (χ4n) is 2.95. The second-order valence-corrected chi connectivity index (χ2v) is 7.24. The van der Waals surface area contributed by atoms with Crippen LogP contribution in [-0.4, -0.2) is 42.7 Å². The quantitative estimate of drug-likeness (QED) is 0.847. The summed E-state index contributed by atoms with van der Waals surface area (Å²) in [6.07, 6.45) is 2.95. The van der Waals surface area contributed by atoms with Crippen molar-refractivity contribution in [2.75, 3.05) is 47.8 Å². The van der Waals surface area contributed by atoms with Crippen molar-refractivity contribution in [2.24, 2.45) is 5.92 Å². The van der Waals surface area contributed by atoms with Crippen LogP contribution in [0.15, 0.2) is 36.5 Å². The Hall–Kier alpha value is -2.01. The zero-order chi connectivity index (χ0) is 17.6.